The Hall–Kier alpha value is -2.81. The van der Waals surface area contributed by atoms with Crippen molar-refractivity contribution in [2.45, 2.75) is 32.7 Å². The van der Waals surface area contributed by atoms with Crippen molar-refractivity contribution in [3.63, 3.8) is 0 Å². The van der Waals surface area contributed by atoms with Crippen molar-refractivity contribution in [3.05, 3.63) is 22.7 Å². The Morgan fingerprint density at radius 1 is 1.39 bits per heavy atom. The van der Waals surface area contributed by atoms with Crippen LogP contribution in [0.4, 0.5) is 4.79 Å². The fraction of sp³-hybridized carbons (Fsp3) is 0.444. The zero-order valence-electron chi connectivity index (χ0n) is 16.2. The lowest BCUT2D eigenvalue weighted by Crippen LogP contribution is -2.40. The van der Waals surface area contributed by atoms with Gasteiger partial charge in [0.1, 0.15) is 5.54 Å². The van der Waals surface area contributed by atoms with Gasteiger partial charge in [-0.15, -0.1) is 0 Å². The molecule has 1 aliphatic rings. The summed E-state index contributed by atoms with van der Waals surface area (Å²) in [5, 5.41) is 6.77. The van der Waals surface area contributed by atoms with Crippen LogP contribution in [0.5, 0.6) is 11.5 Å². The normalized spacial score (nSPS) is 15.7. The van der Waals surface area contributed by atoms with Gasteiger partial charge in [-0.3, -0.25) is 14.5 Å². The van der Waals surface area contributed by atoms with Crippen LogP contribution in [-0.4, -0.2) is 54.8 Å². The highest BCUT2D eigenvalue weighted by atomic mass is 35.5. The van der Waals surface area contributed by atoms with Crippen LogP contribution in [0.1, 0.15) is 32.8 Å². The van der Waals surface area contributed by atoms with Crippen molar-refractivity contribution < 1.29 is 23.9 Å². The average molecular weight is 411 g/mol. The van der Waals surface area contributed by atoms with Crippen molar-refractivity contribution in [2.24, 2.45) is 5.10 Å². The zero-order chi connectivity index (χ0) is 20.9. The molecule has 1 aliphatic heterocycles. The van der Waals surface area contributed by atoms with Gasteiger partial charge in [0.15, 0.2) is 11.5 Å². The van der Waals surface area contributed by atoms with E-state index in [9.17, 15) is 14.4 Å². The second-order valence-electron chi connectivity index (χ2n) is 6.52. The highest BCUT2D eigenvalue weighted by Gasteiger charge is 2.43. The maximum Gasteiger partial charge on any atom is 0.325 e. The third kappa shape index (κ3) is 4.92. The minimum absolute atomic E-state index is 0.0295. The first kappa shape index (κ1) is 21.5. The molecule has 0 aliphatic carbocycles. The molecule has 0 unspecified atom stereocenters. The maximum atomic E-state index is 12.1. The quantitative estimate of drug-likeness (QED) is 0.386. The molecule has 10 heteroatoms. The van der Waals surface area contributed by atoms with Crippen LogP contribution in [-0.2, 0) is 9.59 Å². The number of imide groups is 1. The Balaban J connectivity index is 1.93. The second-order valence-corrected chi connectivity index (χ2v) is 6.93. The smallest absolute Gasteiger partial charge is 0.325 e. The summed E-state index contributed by atoms with van der Waals surface area (Å²) in [7, 11) is 1.49. The summed E-state index contributed by atoms with van der Waals surface area (Å²) in [4.78, 5) is 36.8. The summed E-state index contributed by atoms with van der Waals surface area (Å²) in [5.41, 5.74) is 1.99. The molecule has 0 bridgehead atoms. The Bertz CT molecular complexity index is 809. The first-order valence-electron chi connectivity index (χ1n) is 8.66. The van der Waals surface area contributed by atoms with E-state index in [4.69, 9.17) is 21.1 Å². The van der Waals surface area contributed by atoms with Gasteiger partial charge in [0.2, 0.25) is 5.91 Å². The molecule has 2 rings (SSSR count). The first-order chi connectivity index (χ1) is 13.2. The lowest BCUT2D eigenvalue weighted by atomic mass is 10.1. The van der Waals surface area contributed by atoms with Gasteiger partial charge < -0.3 is 14.8 Å². The number of hydrogen-bond acceptors (Lipinski definition) is 6. The van der Waals surface area contributed by atoms with Crippen LogP contribution in [0.15, 0.2) is 17.2 Å². The van der Waals surface area contributed by atoms with E-state index in [1.54, 1.807) is 26.0 Å². The Labute approximate surface area is 168 Å². The molecular weight excluding hydrogens is 388 g/mol. The number of methoxy groups -OCH3 is 1. The molecule has 1 fully saturated rings. The summed E-state index contributed by atoms with van der Waals surface area (Å²) in [5.74, 6) is 0.0731. The van der Waals surface area contributed by atoms with E-state index in [0.717, 1.165) is 4.90 Å². The van der Waals surface area contributed by atoms with Gasteiger partial charge in [-0.2, -0.15) is 5.10 Å². The molecule has 152 valence electrons. The van der Waals surface area contributed by atoms with E-state index in [-0.39, 0.29) is 18.9 Å². The van der Waals surface area contributed by atoms with Crippen molar-refractivity contribution in [1.82, 2.24) is 15.6 Å². The molecule has 0 aromatic heterocycles. The number of rotatable bonds is 8. The largest absolute Gasteiger partial charge is 0.491 e. The predicted octanol–water partition coefficient (Wildman–Crippen LogP) is 1.92. The number of benzene rings is 1. The van der Waals surface area contributed by atoms with Crippen LogP contribution in [0.25, 0.3) is 0 Å². The number of urea groups is 1. The Morgan fingerprint density at radius 2 is 2.11 bits per heavy atom. The number of hydrazone groups is 1. The van der Waals surface area contributed by atoms with E-state index in [1.165, 1.54) is 13.3 Å². The second kappa shape index (κ2) is 8.92. The standard InChI is InChI=1S/C18H23ClN4O5/c1-5-28-13-9-11(8-12(19)15(13)27-4)10-20-22-14(24)6-7-23-16(25)18(2,3)21-17(23)26/h8-10H,5-7H2,1-4H3,(H,21,26)(H,22,24)/b20-10-. The molecule has 1 saturated heterocycles. The molecular formula is C18H23ClN4O5. The number of halogens is 1. The highest BCUT2D eigenvalue weighted by Crippen LogP contribution is 2.35. The summed E-state index contributed by atoms with van der Waals surface area (Å²) < 4.78 is 10.7. The number of hydrogen-bond donors (Lipinski definition) is 2. The fourth-order valence-corrected chi connectivity index (χ4v) is 2.89. The Morgan fingerprint density at radius 3 is 2.68 bits per heavy atom. The van der Waals surface area contributed by atoms with E-state index in [2.05, 4.69) is 15.8 Å². The molecule has 1 heterocycles. The van der Waals surface area contributed by atoms with Gasteiger partial charge in [-0.1, -0.05) is 11.6 Å². The number of nitrogens with one attached hydrogen (secondary N) is 2. The van der Waals surface area contributed by atoms with Gasteiger partial charge in [-0.05, 0) is 38.5 Å². The minimum atomic E-state index is -0.961. The molecule has 0 spiro atoms. The summed E-state index contributed by atoms with van der Waals surface area (Å²) >= 11 is 6.16. The van der Waals surface area contributed by atoms with Crippen molar-refractivity contribution in [1.29, 1.82) is 0 Å². The van der Waals surface area contributed by atoms with Crippen LogP contribution in [0.2, 0.25) is 5.02 Å². The van der Waals surface area contributed by atoms with Gasteiger partial charge >= 0.3 is 6.03 Å². The number of nitrogens with zero attached hydrogens (tertiary/aromatic N) is 2. The maximum absolute atomic E-state index is 12.1. The molecule has 9 nitrogen and oxygen atoms in total. The first-order valence-corrected chi connectivity index (χ1v) is 9.03. The van der Waals surface area contributed by atoms with Crippen molar-refractivity contribution in [3.8, 4) is 11.5 Å². The molecule has 1 aromatic rings. The minimum Gasteiger partial charge on any atom is -0.491 e. The van der Waals surface area contributed by atoms with Gasteiger partial charge in [0.25, 0.3) is 5.91 Å². The van der Waals surface area contributed by atoms with Crippen LogP contribution >= 0.6 is 11.6 Å². The number of ether oxygens (including phenoxy) is 2. The molecule has 0 saturated carbocycles. The van der Waals surface area contributed by atoms with Gasteiger partial charge in [0.05, 0.1) is 25.0 Å². The zero-order valence-corrected chi connectivity index (χ0v) is 16.9. The molecule has 0 radical (unpaired) electrons. The fourth-order valence-electron chi connectivity index (χ4n) is 2.59. The molecule has 1 aromatic carbocycles. The lowest BCUT2D eigenvalue weighted by molar-refractivity contribution is -0.130. The summed E-state index contributed by atoms with van der Waals surface area (Å²) in [6.07, 6.45) is 1.34. The third-order valence-corrected chi connectivity index (χ3v) is 4.23. The molecule has 4 amide bonds. The van der Waals surface area contributed by atoms with Crippen LogP contribution in [0, 0.1) is 0 Å². The van der Waals surface area contributed by atoms with Crippen molar-refractivity contribution in [2.75, 3.05) is 20.3 Å². The monoisotopic (exact) mass is 410 g/mol. The average Bonchev–Trinajstić information content (AvgIpc) is 2.80. The highest BCUT2D eigenvalue weighted by molar-refractivity contribution is 6.32. The topological polar surface area (TPSA) is 109 Å². The van der Waals surface area contributed by atoms with Crippen molar-refractivity contribution >= 4 is 35.7 Å². The SMILES string of the molecule is CCOc1cc(/C=N\NC(=O)CCN2C(=O)NC(C)(C)C2=O)cc(Cl)c1OC. The molecule has 28 heavy (non-hydrogen) atoms. The van der Waals surface area contributed by atoms with E-state index in [0.29, 0.717) is 28.7 Å². The number of amides is 4. The van der Waals surface area contributed by atoms with E-state index in [1.807, 2.05) is 6.92 Å². The Kier molecular flexibility index (Phi) is 6.85. The summed E-state index contributed by atoms with van der Waals surface area (Å²) in [6, 6.07) is 2.79. The van der Waals surface area contributed by atoms with Crippen LogP contribution < -0.4 is 20.2 Å². The molecule has 0 atom stereocenters. The number of carbonyl (C=O) groups is 3. The van der Waals surface area contributed by atoms with Crippen LogP contribution in [0.3, 0.4) is 0 Å². The third-order valence-electron chi connectivity index (χ3n) is 3.95. The molecule has 2 N–H and O–H groups in total. The predicted molar refractivity (Wildman–Crippen MR) is 104 cm³/mol. The van der Waals surface area contributed by atoms with Gasteiger partial charge in [-0.25, -0.2) is 10.2 Å². The lowest BCUT2D eigenvalue weighted by Gasteiger charge is -2.15. The summed E-state index contributed by atoms with van der Waals surface area (Å²) in [6.45, 7) is 5.45. The number of carbonyl (C=O) groups excluding carboxylic acids is 3. The van der Waals surface area contributed by atoms with Gasteiger partial charge in [0, 0.05) is 13.0 Å². The van der Waals surface area contributed by atoms with E-state index >= 15 is 0 Å². The van der Waals surface area contributed by atoms with E-state index < -0.39 is 17.5 Å².